The molecule has 0 bridgehead atoms. The van der Waals surface area contributed by atoms with Crippen molar-refractivity contribution >= 4 is 53.9 Å². The normalized spacial score (nSPS) is 13.4. The summed E-state index contributed by atoms with van der Waals surface area (Å²) in [6.07, 6.45) is 0. The second kappa shape index (κ2) is 11.4. The zero-order chi connectivity index (χ0) is 37.2. The van der Waals surface area contributed by atoms with Crippen molar-refractivity contribution in [1.29, 1.82) is 0 Å². The lowest BCUT2D eigenvalue weighted by molar-refractivity contribution is 0.794. The van der Waals surface area contributed by atoms with E-state index >= 15 is 0 Å². The van der Waals surface area contributed by atoms with Crippen LogP contribution in [-0.2, 0) is 5.41 Å². The van der Waals surface area contributed by atoms with Crippen molar-refractivity contribution < 1.29 is 0 Å². The average molecular weight is 719 g/mol. The van der Waals surface area contributed by atoms with E-state index in [-0.39, 0.29) is 0 Å². The summed E-state index contributed by atoms with van der Waals surface area (Å²) in [6.45, 7) is 0. The quantitative estimate of drug-likeness (QED) is 0.123. The van der Waals surface area contributed by atoms with Gasteiger partial charge >= 0.3 is 0 Å². The molecular weight excluding hydrogens is 685 g/mol. The van der Waals surface area contributed by atoms with Crippen molar-refractivity contribution in [2.24, 2.45) is 0 Å². The maximum absolute atomic E-state index is 2.54. The van der Waals surface area contributed by atoms with Gasteiger partial charge in [-0.2, -0.15) is 0 Å². The van der Waals surface area contributed by atoms with Crippen molar-refractivity contribution in [1.82, 2.24) is 0 Å². The molecule has 0 N–H and O–H groups in total. The van der Waals surface area contributed by atoms with Crippen LogP contribution >= 0.6 is 0 Å². The third kappa shape index (κ3) is 3.97. The lowest BCUT2D eigenvalue weighted by atomic mass is 9.70. The first-order valence-electron chi connectivity index (χ1n) is 20.0. The van der Waals surface area contributed by atoms with E-state index in [4.69, 9.17) is 0 Å². The van der Waals surface area contributed by atoms with Crippen LogP contribution in [0.4, 0.5) is 0 Å². The zero-order valence-corrected chi connectivity index (χ0v) is 31.1. The largest absolute Gasteiger partial charge is 0.0725 e. The second-order valence-electron chi connectivity index (χ2n) is 15.8. The highest BCUT2D eigenvalue weighted by atomic mass is 14.5. The lowest BCUT2D eigenvalue weighted by Gasteiger charge is -2.31. The first-order chi connectivity index (χ1) is 28.3. The lowest BCUT2D eigenvalue weighted by Crippen LogP contribution is -2.25. The molecule has 0 unspecified atom stereocenters. The van der Waals surface area contributed by atoms with Gasteiger partial charge in [-0.15, -0.1) is 0 Å². The van der Waals surface area contributed by atoms with Crippen molar-refractivity contribution in [2.45, 2.75) is 5.41 Å². The molecule has 0 aliphatic heterocycles. The highest BCUT2D eigenvalue weighted by molar-refractivity contribution is 6.28. The smallest absolute Gasteiger partial charge is 0.0619 e. The Labute approximate surface area is 330 Å². The fraction of sp³-hybridized carbons (Fsp3) is 0.0175. The van der Waals surface area contributed by atoms with Crippen LogP contribution in [0.3, 0.4) is 0 Å². The van der Waals surface area contributed by atoms with Crippen molar-refractivity contribution in [3.63, 3.8) is 0 Å². The summed E-state index contributed by atoms with van der Waals surface area (Å²) in [6, 6.07) is 77.6. The minimum atomic E-state index is -0.394. The molecule has 13 rings (SSSR count). The number of fused-ring (bicyclic) bond motifs is 17. The fourth-order valence-corrected chi connectivity index (χ4v) is 11.1. The Hall–Kier alpha value is -7.28. The van der Waals surface area contributed by atoms with Gasteiger partial charge in [-0.3, -0.25) is 0 Å². The summed E-state index contributed by atoms with van der Waals surface area (Å²) < 4.78 is 0. The average Bonchev–Trinajstić information content (AvgIpc) is 3.75. The van der Waals surface area contributed by atoms with Crippen LogP contribution in [0.5, 0.6) is 0 Å². The van der Waals surface area contributed by atoms with E-state index in [2.05, 4.69) is 206 Å². The molecule has 0 heteroatoms. The van der Waals surface area contributed by atoms with Gasteiger partial charge in [-0.1, -0.05) is 194 Å². The molecule has 0 saturated heterocycles. The third-order valence-corrected chi connectivity index (χ3v) is 13.2. The molecule has 0 heterocycles. The number of hydrogen-bond donors (Lipinski definition) is 0. The zero-order valence-electron chi connectivity index (χ0n) is 31.1. The molecular formula is C57H34. The minimum absolute atomic E-state index is 0.394. The van der Waals surface area contributed by atoms with Gasteiger partial charge in [-0.05, 0) is 133 Å². The summed E-state index contributed by atoms with van der Waals surface area (Å²) in [7, 11) is 0. The first-order valence-corrected chi connectivity index (χ1v) is 20.0. The van der Waals surface area contributed by atoms with E-state index in [1.165, 1.54) is 121 Å². The van der Waals surface area contributed by atoms with E-state index in [9.17, 15) is 0 Å². The number of hydrogen-bond acceptors (Lipinski definition) is 0. The van der Waals surface area contributed by atoms with Crippen LogP contribution in [-0.4, -0.2) is 0 Å². The van der Waals surface area contributed by atoms with Gasteiger partial charge in [0.05, 0.1) is 5.41 Å². The summed E-state index contributed by atoms with van der Waals surface area (Å²) in [5, 5.41) is 12.8. The molecule has 0 fully saturated rings. The summed E-state index contributed by atoms with van der Waals surface area (Å²) in [4.78, 5) is 0. The molecule has 0 radical (unpaired) electrons. The molecule has 0 atom stereocenters. The minimum Gasteiger partial charge on any atom is -0.0619 e. The monoisotopic (exact) mass is 718 g/mol. The maximum atomic E-state index is 2.54. The van der Waals surface area contributed by atoms with Crippen molar-refractivity contribution in [3.05, 3.63) is 229 Å². The Morgan fingerprint density at radius 2 is 0.684 bits per heavy atom. The van der Waals surface area contributed by atoms with E-state index in [1.807, 2.05) is 0 Å². The van der Waals surface area contributed by atoms with E-state index in [0.29, 0.717) is 0 Å². The SMILES string of the molecule is c1ccc2c(c1)-c1ccccc1C21c2ccccc2-c2ccc(-c3c4ccccc4c(-c4cc5ccc6ccccc6c5c5ccccc45)c4ccccc34)cc21. The first kappa shape index (κ1) is 31.0. The molecule has 0 aromatic heterocycles. The van der Waals surface area contributed by atoms with Crippen LogP contribution in [0, 0.1) is 0 Å². The molecule has 11 aromatic rings. The van der Waals surface area contributed by atoms with Crippen LogP contribution in [0.2, 0.25) is 0 Å². The van der Waals surface area contributed by atoms with Gasteiger partial charge in [0.15, 0.2) is 0 Å². The van der Waals surface area contributed by atoms with Gasteiger partial charge in [-0.25, -0.2) is 0 Å². The Balaban J connectivity index is 1.13. The molecule has 262 valence electrons. The molecule has 1 spiro atoms. The summed E-state index contributed by atoms with van der Waals surface area (Å²) in [5.41, 5.74) is 15.5. The van der Waals surface area contributed by atoms with E-state index < -0.39 is 5.41 Å². The Bertz CT molecular complexity index is 3410. The van der Waals surface area contributed by atoms with Crippen LogP contribution < -0.4 is 0 Å². The molecule has 57 heavy (non-hydrogen) atoms. The van der Waals surface area contributed by atoms with Crippen molar-refractivity contribution in [3.8, 4) is 44.5 Å². The van der Waals surface area contributed by atoms with Gasteiger partial charge < -0.3 is 0 Å². The molecule has 0 saturated carbocycles. The van der Waals surface area contributed by atoms with Crippen LogP contribution in [0.15, 0.2) is 206 Å². The highest BCUT2D eigenvalue weighted by Crippen LogP contribution is 2.63. The predicted molar refractivity (Wildman–Crippen MR) is 241 cm³/mol. The van der Waals surface area contributed by atoms with Crippen LogP contribution in [0.1, 0.15) is 22.3 Å². The Kier molecular flexibility index (Phi) is 6.19. The molecule has 2 aliphatic carbocycles. The molecule has 11 aromatic carbocycles. The summed E-state index contributed by atoms with van der Waals surface area (Å²) >= 11 is 0. The van der Waals surface area contributed by atoms with Gasteiger partial charge in [0, 0.05) is 0 Å². The maximum Gasteiger partial charge on any atom is 0.0725 e. The Morgan fingerprint density at radius 3 is 1.28 bits per heavy atom. The Morgan fingerprint density at radius 1 is 0.246 bits per heavy atom. The predicted octanol–water partition coefficient (Wildman–Crippen LogP) is 15.1. The standard InChI is InChI=1S/C57H34/c1-2-16-38-35(15-1)29-30-36-33-49(39-17-3-4-21-44(39)54(36)38)56-47-24-7-5-22-45(47)55(46-23-6-8-25-48(46)56)37-31-32-43-42-20-11-14-28-52(42)57(53(43)34-37)50-26-12-9-18-40(50)41-19-10-13-27-51(41)57/h1-34H. The van der Waals surface area contributed by atoms with Crippen LogP contribution in [0.25, 0.3) is 98.4 Å². The molecule has 0 nitrogen and oxygen atoms in total. The molecule has 2 aliphatic rings. The summed E-state index contributed by atoms with van der Waals surface area (Å²) in [5.74, 6) is 0. The molecule has 0 amide bonds. The fourth-order valence-electron chi connectivity index (χ4n) is 11.1. The third-order valence-electron chi connectivity index (χ3n) is 13.2. The number of rotatable bonds is 2. The van der Waals surface area contributed by atoms with Gasteiger partial charge in [0.25, 0.3) is 0 Å². The van der Waals surface area contributed by atoms with Gasteiger partial charge in [0.2, 0.25) is 0 Å². The van der Waals surface area contributed by atoms with Gasteiger partial charge in [0.1, 0.15) is 0 Å². The van der Waals surface area contributed by atoms with E-state index in [0.717, 1.165) is 0 Å². The number of benzene rings is 11. The van der Waals surface area contributed by atoms with Crippen molar-refractivity contribution in [2.75, 3.05) is 0 Å². The topological polar surface area (TPSA) is 0 Å². The second-order valence-corrected chi connectivity index (χ2v) is 15.8. The van der Waals surface area contributed by atoms with E-state index in [1.54, 1.807) is 0 Å². The highest BCUT2D eigenvalue weighted by Gasteiger charge is 2.51.